The summed E-state index contributed by atoms with van der Waals surface area (Å²) in [7, 11) is -4.06. The van der Waals surface area contributed by atoms with Crippen molar-refractivity contribution in [3.8, 4) is 5.75 Å². The molecule has 3 N–H and O–H groups in total. The number of aromatic nitrogens is 3. The molecule has 0 aliphatic heterocycles. The predicted molar refractivity (Wildman–Crippen MR) is 173 cm³/mol. The summed E-state index contributed by atoms with van der Waals surface area (Å²) in [5.74, 6) is 0.757. The number of carbonyl (C=O) groups excluding carboxylic acids is 1. The van der Waals surface area contributed by atoms with Crippen LogP contribution in [0.4, 0.5) is 5.82 Å². The van der Waals surface area contributed by atoms with Gasteiger partial charge in [-0.1, -0.05) is 43.1 Å². The van der Waals surface area contributed by atoms with Crippen LogP contribution in [0.5, 0.6) is 5.75 Å². The average Bonchev–Trinajstić information content (AvgIpc) is 3.36. The lowest BCUT2D eigenvalue weighted by atomic mass is 10.1. The van der Waals surface area contributed by atoms with Crippen LogP contribution in [0.1, 0.15) is 65.7 Å². The molecule has 2 heterocycles. The molecule has 11 nitrogen and oxygen atoms in total. The maximum absolute atomic E-state index is 14.1. The number of pyridine rings is 1. The second kappa shape index (κ2) is 15.2. The van der Waals surface area contributed by atoms with Crippen LogP contribution >= 0.6 is 19.3 Å². The Morgan fingerprint density at radius 2 is 1.80 bits per heavy atom. The van der Waals surface area contributed by atoms with Gasteiger partial charge in [-0.25, -0.2) is 14.5 Å². The van der Waals surface area contributed by atoms with E-state index in [9.17, 15) is 9.36 Å². The number of nitrogens with two attached hydrogens (primary N) is 1. The normalized spacial score (nSPS) is 14.5. The Labute approximate surface area is 263 Å². The van der Waals surface area contributed by atoms with Crippen LogP contribution in [0.15, 0.2) is 48.5 Å². The first-order valence-electron chi connectivity index (χ1n) is 14.9. The average molecular weight is 646 g/mol. The standard InChI is InChI=1S/C31H41ClN5O6P/c1-6-10-23(37-27(19-40-7-2)35-28-29(37)25-11-8-9-12-26(25)34-30(28)33)17-18-41-44(39,36-21(5)31(38)42-20(3)4)43-24-15-13-22(32)14-16-24/h8-9,11-16,20-21,23H,6-7,10,17-19H2,1-5H3,(H2,33,34)(H,36,39)/t21-,23+,44+/m0/s1. The highest BCUT2D eigenvalue weighted by Gasteiger charge is 2.33. The largest absolute Gasteiger partial charge is 0.462 e. The quantitative estimate of drug-likeness (QED) is 0.0948. The molecule has 0 fully saturated rings. The van der Waals surface area contributed by atoms with Gasteiger partial charge in [0.25, 0.3) is 0 Å². The molecule has 0 radical (unpaired) electrons. The highest BCUT2D eigenvalue weighted by molar-refractivity contribution is 7.52. The number of esters is 1. The van der Waals surface area contributed by atoms with Crippen LogP contribution in [0.3, 0.4) is 0 Å². The van der Waals surface area contributed by atoms with Crippen LogP contribution < -0.4 is 15.3 Å². The SMILES string of the molecule is CCC[C@H](CCO[P@](=O)(N[C@@H](C)C(=O)OC(C)C)Oc1ccc(Cl)cc1)n1c(COCC)nc2c(N)nc3ccccc3c21. The summed E-state index contributed by atoms with van der Waals surface area (Å²) in [5.41, 5.74) is 8.63. The number of benzene rings is 2. The number of imidazole rings is 1. The van der Waals surface area contributed by atoms with Crippen molar-refractivity contribution in [3.63, 3.8) is 0 Å². The summed E-state index contributed by atoms with van der Waals surface area (Å²) in [6.07, 6.45) is 1.76. The minimum Gasteiger partial charge on any atom is -0.462 e. The summed E-state index contributed by atoms with van der Waals surface area (Å²) in [6, 6.07) is 13.1. The number of nitrogens with one attached hydrogen (secondary N) is 1. The maximum atomic E-state index is 14.1. The van der Waals surface area contributed by atoms with Crippen molar-refractivity contribution < 1.29 is 27.9 Å². The Balaban J connectivity index is 1.66. The molecule has 13 heteroatoms. The monoisotopic (exact) mass is 645 g/mol. The number of para-hydroxylation sites is 1. The van der Waals surface area contributed by atoms with E-state index in [-0.39, 0.29) is 31.1 Å². The third kappa shape index (κ3) is 8.28. The van der Waals surface area contributed by atoms with Crippen molar-refractivity contribution in [2.24, 2.45) is 0 Å². The minimum atomic E-state index is -4.06. The zero-order valence-electron chi connectivity index (χ0n) is 25.8. The molecule has 2 aromatic carbocycles. The molecule has 0 unspecified atom stereocenters. The molecule has 0 saturated heterocycles. The Morgan fingerprint density at radius 3 is 2.48 bits per heavy atom. The smallest absolute Gasteiger partial charge is 0.459 e. The number of hydrogen-bond donors (Lipinski definition) is 2. The van der Waals surface area contributed by atoms with E-state index in [0.717, 1.165) is 29.3 Å². The van der Waals surface area contributed by atoms with E-state index in [1.807, 2.05) is 31.2 Å². The first-order valence-corrected chi connectivity index (χ1v) is 16.8. The van der Waals surface area contributed by atoms with Crippen molar-refractivity contribution in [3.05, 3.63) is 59.4 Å². The number of rotatable bonds is 16. The van der Waals surface area contributed by atoms with Crippen LogP contribution in [-0.2, 0) is 30.0 Å². The van der Waals surface area contributed by atoms with Gasteiger partial charge in [-0.05, 0) is 70.9 Å². The van der Waals surface area contributed by atoms with Crippen molar-refractivity contribution >= 4 is 53.1 Å². The fraction of sp³-hybridized carbons (Fsp3) is 0.452. The number of nitrogen functional groups attached to an aromatic ring is 1. The van der Waals surface area contributed by atoms with E-state index in [1.165, 1.54) is 0 Å². The maximum Gasteiger partial charge on any atom is 0.459 e. The van der Waals surface area contributed by atoms with Crippen molar-refractivity contribution in [2.45, 2.75) is 78.7 Å². The van der Waals surface area contributed by atoms with Gasteiger partial charge in [-0.2, -0.15) is 5.09 Å². The summed E-state index contributed by atoms with van der Waals surface area (Å²) in [4.78, 5) is 22.0. The van der Waals surface area contributed by atoms with E-state index >= 15 is 0 Å². The minimum absolute atomic E-state index is 0.0424. The van der Waals surface area contributed by atoms with Gasteiger partial charge in [0.15, 0.2) is 5.82 Å². The molecule has 0 amide bonds. The second-order valence-corrected chi connectivity index (χ2v) is 12.8. The molecule has 44 heavy (non-hydrogen) atoms. The summed E-state index contributed by atoms with van der Waals surface area (Å²) >= 11 is 6.03. The number of carbonyl (C=O) groups is 1. The van der Waals surface area contributed by atoms with Gasteiger partial charge in [0.1, 0.15) is 29.7 Å². The number of anilines is 1. The van der Waals surface area contributed by atoms with Crippen LogP contribution in [0.2, 0.25) is 5.02 Å². The molecule has 0 aliphatic carbocycles. The molecular weight excluding hydrogens is 605 g/mol. The van der Waals surface area contributed by atoms with Gasteiger partial charge in [0.05, 0.1) is 23.7 Å². The van der Waals surface area contributed by atoms with Crippen molar-refractivity contribution in [2.75, 3.05) is 18.9 Å². The topological polar surface area (TPSA) is 140 Å². The molecular formula is C31H41ClN5O6P. The number of ether oxygens (including phenoxy) is 2. The molecule has 0 bridgehead atoms. The fourth-order valence-electron chi connectivity index (χ4n) is 4.95. The van der Waals surface area contributed by atoms with Gasteiger partial charge >= 0.3 is 13.7 Å². The third-order valence-corrected chi connectivity index (χ3v) is 8.79. The first-order chi connectivity index (χ1) is 21.0. The number of halogens is 1. The van der Waals surface area contributed by atoms with Crippen molar-refractivity contribution in [1.82, 2.24) is 19.6 Å². The molecule has 0 aliphatic rings. The van der Waals surface area contributed by atoms with Crippen molar-refractivity contribution in [1.29, 1.82) is 0 Å². The zero-order valence-corrected chi connectivity index (χ0v) is 27.4. The number of fused-ring (bicyclic) bond motifs is 3. The summed E-state index contributed by atoms with van der Waals surface area (Å²) in [5, 5.41) is 4.16. The second-order valence-electron chi connectivity index (χ2n) is 10.7. The van der Waals surface area contributed by atoms with Crippen LogP contribution in [0.25, 0.3) is 21.9 Å². The molecule has 0 saturated carbocycles. The zero-order chi connectivity index (χ0) is 31.9. The van der Waals surface area contributed by atoms with Gasteiger partial charge in [0.2, 0.25) is 0 Å². The summed E-state index contributed by atoms with van der Waals surface area (Å²) < 4.78 is 39.1. The predicted octanol–water partition coefficient (Wildman–Crippen LogP) is 7.22. The lowest BCUT2D eigenvalue weighted by Crippen LogP contribution is -2.36. The van der Waals surface area contributed by atoms with E-state index in [2.05, 4.69) is 21.6 Å². The van der Waals surface area contributed by atoms with E-state index in [4.69, 9.17) is 40.8 Å². The van der Waals surface area contributed by atoms with Crippen LogP contribution in [0, 0.1) is 0 Å². The molecule has 0 spiro atoms. The molecule has 4 aromatic rings. The molecule has 238 valence electrons. The molecule has 4 rings (SSSR count). The lowest BCUT2D eigenvalue weighted by Gasteiger charge is -2.25. The Hall–Kier alpha value is -3.21. The Bertz CT molecular complexity index is 1610. The fourth-order valence-corrected chi connectivity index (χ4v) is 6.58. The third-order valence-electron chi connectivity index (χ3n) is 6.86. The Kier molecular flexibility index (Phi) is 11.6. The van der Waals surface area contributed by atoms with E-state index in [0.29, 0.717) is 35.2 Å². The number of hydrogen-bond acceptors (Lipinski definition) is 9. The lowest BCUT2D eigenvalue weighted by molar-refractivity contribution is -0.149. The van der Waals surface area contributed by atoms with E-state index in [1.54, 1.807) is 45.0 Å². The van der Waals surface area contributed by atoms with Gasteiger partial charge in [-0.15, -0.1) is 0 Å². The van der Waals surface area contributed by atoms with Gasteiger partial charge in [0, 0.05) is 23.1 Å². The highest BCUT2D eigenvalue weighted by Crippen LogP contribution is 2.46. The first kappa shape index (κ1) is 33.7. The van der Waals surface area contributed by atoms with Crippen LogP contribution in [-0.4, -0.2) is 45.9 Å². The van der Waals surface area contributed by atoms with Gasteiger partial charge < -0.3 is 24.3 Å². The highest BCUT2D eigenvalue weighted by atomic mass is 35.5. The van der Waals surface area contributed by atoms with Gasteiger partial charge in [-0.3, -0.25) is 9.32 Å². The Morgan fingerprint density at radius 1 is 1.07 bits per heavy atom. The molecule has 2 aromatic heterocycles. The molecule has 3 atom stereocenters. The van der Waals surface area contributed by atoms with E-state index < -0.39 is 19.8 Å². The summed E-state index contributed by atoms with van der Waals surface area (Å²) in [6.45, 7) is 9.91. The number of nitrogens with zero attached hydrogens (tertiary/aromatic N) is 3.